The van der Waals surface area contributed by atoms with Crippen molar-refractivity contribution in [1.82, 2.24) is 15.5 Å². The minimum absolute atomic E-state index is 0.0623. The van der Waals surface area contributed by atoms with Crippen LogP contribution in [0.25, 0.3) is 11.1 Å². The van der Waals surface area contributed by atoms with E-state index < -0.39 is 47.4 Å². The summed E-state index contributed by atoms with van der Waals surface area (Å²) in [7, 11) is 0. The number of alkyl halides is 3. The van der Waals surface area contributed by atoms with E-state index in [9.17, 15) is 31.5 Å². The smallest absolute Gasteiger partial charge is 0.407 e. The van der Waals surface area contributed by atoms with Crippen molar-refractivity contribution in [3.8, 4) is 11.1 Å². The summed E-state index contributed by atoms with van der Waals surface area (Å²) >= 11 is 0. The van der Waals surface area contributed by atoms with E-state index in [2.05, 4.69) is 10.2 Å². The summed E-state index contributed by atoms with van der Waals surface area (Å²) in [6.07, 6.45) is -3.10. The molecule has 1 saturated heterocycles. The van der Waals surface area contributed by atoms with Crippen LogP contribution in [0.5, 0.6) is 0 Å². The van der Waals surface area contributed by atoms with E-state index >= 15 is 0 Å². The Kier molecular flexibility index (Phi) is 8.44. The number of hydrogen-bond acceptors (Lipinski definition) is 4. The number of ether oxygens (including phenoxy) is 1. The van der Waals surface area contributed by atoms with E-state index in [1.54, 1.807) is 20.8 Å². The van der Waals surface area contributed by atoms with Gasteiger partial charge in [-0.05, 0) is 93.1 Å². The number of likely N-dealkylation sites (tertiary alicyclic amines) is 1. The highest BCUT2D eigenvalue weighted by Crippen LogP contribution is 2.52. The number of amides is 2. The van der Waals surface area contributed by atoms with Crippen molar-refractivity contribution in [2.24, 2.45) is 0 Å². The van der Waals surface area contributed by atoms with Crippen molar-refractivity contribution in [1.29, 1.82) is 0 Å². The Morgan fingerprint density at radius 2 is 1.60 bits per heavy atom. The molecule has 6 nitrogen and oxygen atoms in total. The molecule has 1 heterocycles. The van der Waals surface area contributed by atoms with Gasteiger partial charge in [-0.3, -0.25) is 4.79 Å². The van der Waals surface area contributed by atoms with E-state index in [1.165, 1.54) is 24.3 Å². The second-order valence-electron chi connectivity index (χ2n) is 11.5. The molecule has 0 radical (unpaired) electrons. The highest BCUT2D eigenvalue weighted by atomic mass is 19.4. The van der Waals surface area contributed by atoms with E-state index in [0.29, 0.717) is 48.2 Å². The summed E-state index contributed by atoms with van der Waals surface area (Å²) in [5, 5.41) is 4.89. The van der Waals surface area contributed by atoms with Crippen LogP contribution < -0.4 is 10.6 Å². The molecule has 40 heavy (non-hydrogen) atoms. The molecule has 0 saturated carbocycles. The molecular formula is C29H34F5N3O3. The highest BCUT2D eigenvalue weighted by Gasteiger charge is 2.49. The standard InChI is InChI=1S/C29H34F5N3O3/c1-27(2,3)40-26(39)36-20-10-13-37(16-20)12-5-4-11-28(25(38)35-17-29(32,33)34)23-8-6-18(30)14-21(23)22-15-19(31)7-9-24(22)28/h6-9,14-15,20H,4-5,10-13,16-17H2,1-3H3,(H,35,38)(H,36,39). The van der Waals surface area contributed by atoms with Gasteiger partial charge in [0.2, 0.25) is 5.91 Å². The molecule has 1 atom stereocenters. The molecule has 1 aliphatic heterocycles. The number of hydrogen-bond donors (Lipinski definition) is 2. The fraction of sp³-hybridized carbons (Fsp3) is 0.517. The molecular weight excluding hydrogens is 533 g/mol. The molecule has 2 amide bonds. The van der Waals surface area contributed by atoms with Gasteiger partial charge < -0.3 is 20.3 Å². The number of benzene rings is 2. The van der Waals surface area contributed by atoms with E-state index in [1.807, 2.05) is 5.32 Å². The SMILES string of the molecule is CC(C)(C)OC(=O)NC1CCN(CCCCC2(C(=O)NCC(F)(F)F)c3ccc(F)cc3-c3cc(F)ccc32)C1. The number of alkyl carbamates (subject to hydrolysis) is 1. The largest absolute Gasteiger partial charge is 0.444 e. The number of rotatable bonds is 8. The van der Waals surface area contributed by atoms with Gasteiger partial charge in [0.25, 0.3) is 0 Å². The van der Waals surface area contributed by atoms with Gasteiger partial charge in [-0.15, -0.1) is 0 Å². The van der Waals surface area contributed by atoms with E-state index in [-0.39, 0.29) is 12.5 Å². The van der Waals surface area contributed by atoms with Gasteiger partial charge in [0.15, 0.2) is 0 Å². The third kappa shape index (κ3) is 6.74. The predicted molar refractivity (Wildman–Crippen MR) is 140 cm³/mol. The maximum atomic E-state index is 14.2. The zero-order valence-electron chi connectivity index (χ0n) is 22.8. The number of nitrogens with one attached hydrogen (secondary N) is 2. The molecule has 11 heteroatoms. The molecule has 2 aromatic carbocycles. The summed E-state index contributed by atoms with van der Waals surface area (Å²) in [6, 6.07) is 7.45. The normalized spacial score (nSPS) is 18.2. The minimum atomic E-state index is -4.62. The van der Waals surface area contributed by atoms with Crippen molar-refractivity contribution < 1.29 is 36.3 Å². The topological polar surface area (TPSA) is 70.7 Å². The van der Waals surface area contributed by atoms with Crippen LogP contribution in [-0.4, -0.2) is 60.9 Å². The fourth-order valence-electron chi connectivity index (χ4n) is 5.68. The molecule has 218 valence electrons. The maximum Gasteiger partial charge on any atom is 0.407 e. The third-order valence-corrected chi connectivity index (χ3v) is 7.28. The number of nitrogens with zero attached hydrogens (tertiary/aromatic N) is 1. The summed E-state index contributed by atoms with van der Waals surface area (Å²) in [6.45, 7) is 5.88. The average Bonchev–Trinajstić information content (AvgIpc) is 3.38. The molecule has 0 spiro atoms. The summed E-state index contributed by atoms with van der Waals surface area (Å²) in [5.74, 6) is -2.04. The molecule has 2 aliphatic rings. The average molecular weight is 568 g/mol. The van der Waals surface area contributed by atoms with Crippen molar-refractivity contribution in [3.63, 3.8) is 0 Å². The lowest BCUT2D eigenvalue weighted by Gasteiger charge is -2.31. The predicted octanol–water partition coefficient (Wildman–Crippen LogP) is 5.68. The lowest BCUT2D eigenvalue weighted by atomic mass is 9.73. The van der Waals surface area contributed by atoms with Gasteiger partial charge in [-0.1, -0.05) is 18.6 Å². The van der Waals surface area contributed by atoms with Crippen LogP contribution in [0.3, 0.4) is 0 Å². The Balaban J connectivity index is 1.48. The second kappa shape index (κ2) is 11.3. The van der Waals surface area contributed by atoms with Gasteiger partial charge in [0.05, 0.1) is 0 Å². The van der Waals surface area contributed by atoms with Crippen LogP contribution in [0.15, 0.2) is 36.4 Å². The summed E-state index contributed by atoms with van der Waals surface area (Å²) < 4.78 is 72.8. The monoisotopic (exact) mass is 567 g/mol. The second-order valence-corrected chi connectivity index (χ2v) is 11.5. The zero-order valence-corrected chi connectivity index (χ0v) is 22.8. The summed E-state index contributed by atoms with van der Waals surface area (Å²) in [4.78, 5) is 27.8. The van der Waals surface area contributed by atoms with E-state index in [4.69, 9.17) is 4.74 Å². The fourth-order valence-corrected chi connectivity index (χ4v) is 5.68. The van der Waals surface area contributed by atoms with Crippen LogP contribution in [0.1, 0.15) is 57.6 Å². The molecule has 2 N–H and O–H groups in total. The van der Waals surface area contributed by atoms with Crippen LogP contribution in [0, 0.1) is 11.6 Å². The van der Waals surface area contributed by atoms with Gasteiger partial charge in [0, 0.05) is 19.1 Å². The number of unbranched alkanes of at least 4 members (excludes halogenated alkanes) is 1. The van der Waals surface area contributed by atoms with Gasteiger partial charge >= 0.3 is 12.3 Å². The molecule has 2 aromatic rings. The molecule has 1 unspecified atom stereocenters. The van der Waals surface area contributed by atoms with Crippen molar-refractivity contribution in [2.75, 3.05) is 26.2 Å². The number of carbonyl (C=O) groups excluding carboxylic acids is 2. The van der Waals surface area contributed by atoms with Gasteiger partial charge in [0.1, 0.15) is 29.2 Å². The molecule has 1 fully saturated rings. The quantitative estimate of drug-likeness (QED) is 0.318. The Bertz CT molecular complexity index is 1210. The molecule has 4 rings (SSSR count). The summed E-state index contributed by atoms with van der Waals surface area (Å²) in [5.41, 5.74) is -0.809. The van der Waals surface area contributed by atoms with E-state index in [0.717, 1.165) is 25.1 Å². The number of fused-ring (bicyclic) bond motifs is 3. The maximum absolute atomic E-state index is 14.2. The third-order valence-electron chi connectivity index (χ3n) is 7.28. The van der Waals surface area contributed by atoms with Gasteiger partial charge in [-0.2, -0.15) is 13.2 Å². The first-order valence-electron chi connectivity index (χ1n) is 13.4. The first-order valence-corrected chi connectivity index (χ1v) is 13.4. The molecule has 0 aromatic heterocycles. The number of carbonyl (C=O) groups is 2. The van der Waals surface area contributed by atoms with Crippen LogP contribution >= 0.6 is 0 Å². The Morgan fingerprint density at radius 3 is 2.15 bits per heavy atom. The van der Waals surface area contributed by atoms with Crippen molar-refractivity contribution >= 4 is 12.0 Å². The zero-order chi connectivity index (χ0) is 29.3. The Morgan fingerprint density at radius 1 is 1.00 bits per heavy atom. The van der Waals surface area contributed by atoms with Crippen molar-refractivity contribution in [2.45, 2.75) is 69.7 Å². The van der Waals surface area contributed by atoms with Crippen LogP contribution in [-0.2, 0) is 14.9 Å². The van der Waals surface area contributed by atoms with Crippen LogP contribution in [0.2, 0.25) is 0 Å². The van der Waals surface area contributed by atoms with Gasteiger partial charge in [-0.25, -0.2) is 13.6 Å². The lowest BCUT2D eigenvalue weighted by molar-refractivity contribution is -0.141. The Labute approximate surface area is 230 Å². The first-order chi connectivity index (χ1) is 18.7. The van der Waals surface area contributed by atoms with Crippen LogP contribution in [0.4, 0.5) is 26.7 Å². The van der Waals surface area contributed by atoms with Crippen molar-refractivity contribution in [3.05, 3.63) is 59.2 Å². The number of halogens is 5. The highest BCUT2D eigenvalue weighted by molar-refractivity contribution is 6.00. The molecule has 1 aliphatic carbocycles. The first kappa shape index (κ1) is 29.8. The Hall–Kier alpha value is -3.21. The lowest BCUT2D eigenvalue weighted by Crippen LogP contribution is -2.47. The minimum Gasteiger partial charge on any atom is -0.444 e. The molecule has 0 bridgehead atoms.